The smallest absolute Gasteiger partial charge is 0.414 e. The number of carbonyl (C=O) groups excluding carboxylic acids is 3. The number of likely N-dealkylation sites (N-methyl/N-ethyl adjacent to an activating group) is 1. The highest BCUT2D eigenvalue weighted by molar-refractivity contribution is 5.92. The fourth-order valence-electron chi connectivity index (χ4n) is 5.14. The molecule has 2 heterocycles. The Balaban J connectivity index is 1.55. The number of nitrogens with zero attached hydrogens (tertiary/aromatic N) is 1. The number of imide groups is 1. The molecule has 0 bridgehead atoms. The summed E-state index contributed by atoms with van der Waals surface area (Å²) in [6.07, 6.45) is 2.67. The number of nitrogens with one attached hydrogen (secondary N) is 2. The summed E-state index contributed by atoms with van der Waals surface area (Å²) in [5, 5.41) is 4.96. The average Bonchev–Trinajstić information content (AvgIpc) is 3.64. The first-order valence-corrected chi connectivity index (χ1v) is 11.9. The first kappa shape index (κ1) is 26.6. The molecule has 0 aromatic carbocycles. The number of hydrogen-bond donors (Lipinski definition) is 2. The lowest BCUT2D eigenvalue weighted by Gasteiger charge is -2.42. The maximum atomic E-state index is 12.5. The highest BCUT2D eigenvalue weighted by atomic mass is 16.6. The largest absolute Gasteiger partial charge is 0.443 e. The molecule has 3 aliphatic rings. The highest BCUT2D eigenvalue weighted by Gasteiger charge is 2.72. The van der Waals surface area contributed by atoms with Gasteiger partial charge in [0.05, 0.1) is 25.2 Å². The zero-order valence-corrected chi connectivity index (χ0v) is 21.1. The maximum Gasteiger partial charge on any atom is 0.414 e. The average molecular weight is 482 g/mol. The van der Waals surface area contributed by atoms with Crippen LogP contribution in [0.3, 0.4) is 0 Å². The molecule has 2 N–H and O–H groups in total. The molecule has 34 heavy (non-hydrogen) atoms. The van der Waals surface area contributed by atoms with Gasteiger partial charge in [0, 0.05) is 27.1 Å². The van der Waals surface area contributed by atoms with Gasteiger partial charge in [-0.05, 0) is 47.1 Å². The van der Waals surface area contributed by atoms with E-state index in [1.54, 1.807) is 19.1 Å². The van der Waals surface area contributed by atoms with Crippen molar-refractivity contribution in [2.75, 3.05) is 40.4 Å². The van der Waals surface area contributed by atoms with E-state index in [1.165, 1.54) is 12.5 Å². The molecule has 2 aliphatic heterocycles. The number of hydrogen-bond acceptors (Lipinski definition) is 8. The summed E-state index contributed by atoms with van der Waals surface area (Å²) < 4.78 is 23.6. The van der Waals surface area contributed by atoms with Crippen LogP contribution in [0.1, 0.15) is 47.0 Å². The molecule has 10 heteroatoms. The van der Waals surface area contributed by atoms with Gasteiger partial charge in [0.15, 0.2) is 0 Å². The van der Waals surface area contributed by atoms with Crippen molar-refractivity contribution >= 4 is 17.9 Å². The Morgan fingerprint density at radius 3 is 2.53 bits per heavy atom. The number of alkyl carbamates (subject to hydrolysis) is 1. The van der Waals surface area contributed by atoms with Crippen molar-refractivity contribution in [3.63, 3.8) is 0 Å². The highest BCUT2D eigenvalue weighted by Crippen LogP contribution is 2.59. The molecule has 1 saturated carbocycles. The first-order valence-electron chi connectivity index (χ1n) is 11.9. The van der Waals surface area contributed by atoms with Crippen LogP contribution in [0, 0.1) is 5.92 Å². The van der Waals surface area contributed by atoms with Crippen LogP contribution >= 0.6 is 0 Å². The molecule has 3 amide bonds. The molecule has 10 nitrogen and oxygen atoms in total. The lowest BCUT2D eigenvalue weighted by molar-refractivity contribution is -0.126. The van der Waals surface area contributed by atoms with Gasteiger partial charge >= 0.3 is 6.09 Å². The third-order valence-corrected chi connectivity index (χ3v) is 7.02. The zero-order chi connectivity index (χ0) is 25.1. The minimum absolute atomic E-state index is 0.00455. The topological polar surface area (TPSA) is 122 Å². The van der Waals surface area contributed by atoms with Crippen LogP contribution in [-0.4, -0.2) is 92.7 Å². The monoisotopic (exact) mass is 481 g/mol. The summed E-state index contributed by atoms with van der Waals surface area (Å²) >= 11 is 0. The van der Waals surface area contributed by atoms with Crippen molar-refractivity contribution in [3.8, 4) is 0 Å². The lowest BCUT2D eigenvalue weighted by Crippen LogP contribution is -2.56. The summed E-state index contributed by atoms with van der Waals surface area (Å²) in [7, 11) is 3.34. The van der Waals surface area contributed by atoms with E-state index >= 15 is 0 Å². The summed E-state index contributed by atoms with van der Waals surface area (Å²) in [5.41, 5.74) is 0.511. The van der Waals surface area contributed by atoms with Crippen LogP contribution < -0.4 is 10.6 Å². The molecule has 3 rings (SSSR count). The van der Waals surface area contributed by atoms with Crippen LogP contribution in [0.15, 0.2) is 11.6 Å². The predicted octanol–water partition coefficient (Wildman–Crippen LogP) is 1.38. The minimum Gasteiger partial charge on any atom is -0.443 e. The second-order valence-electron chi connectivity index (χ2n) is 10.1. The van der Waals surface area contributed by atoms with Crippen molar-refractivity contribution in [1.82, 2.24) is 15.5 Å². The Morgan fingerprint density at radius 2 is 1.94 bits per heavy atom. The molecular weight excluding hydrogens is 442 g/mol. The minimum atomic E-state index is -0.790. The predicted molar refractivity (Wildman–Crippen MR) is 124 cm³/mol. The normalized spacial score (nSPS) is 33.9. The molecule has 0 radical (unpaired) electrons. The van der Waals surface area contributed by atoms with E-state index in [-0.39, 0.29) is 30.1 Å². The Hall–Kier alpha value is -2.01. The number of amides is 3. The molecule has 3 fully saturated rings. The van der Waals surface area contributed by atoms with Gasteiger partial charge in [0.25, 0.3) is 0 Å². The van der Waals surface area contributed by atoms with Crippen LogP contribution in [-0.2, 0) is 28.5 Å². The molecular formula is C24H39N3O7. The Kier molecular flexibility index (Phi) is 8.38. The number of methoxy groups -OCH3 is 1. The van der Waals surface area contributed by atoms with Gasteiger partial charge in [-0.15, -0.1) is 0 Å². The van der Waals surface area contributed by atoms with Gasteiger partial charge in [0.1, 0.15) is 23.4 Å². The molecule has 1 aliphatic carbocycles. The zero-order valence-electron chi connectivity index (χ0n) is 21.1. The van der Waals surface area contributed by atoms with Crippen LogP contribution in [0.4, 0.5) is 4.79 Å². The van der Waals surface area contributed by atoms with E-state index in [4.69, 9.17) is 18.9 Å². The third-order valence-electron chi connectivity index (χ3n) is 7.02. The fraction of sp³-hybridized carbons (Fsp3) is 0.792. The van der Waals surface area contributed by atoms with E-state index in [9.17, 15) is 14.4 Å². The van der Waals surface area contributed by atoms with Crippen LogP contribution in [0.2, 0.25) is 0 Å². The first-order chi connectivity index (χ1) is 16.0. The number of allylic oxidation sites excluding steroid dienone is 1. The van der Waals surface area contributed by atoms with Gasteiger partial charge in [-0.25, -0.2) is 4.79 Å². The van der Waals surface area contributed by atoms with Crippen molar-refractivity contribution in [3.05, 3.63) is 11.6 Å². The third kappa shape index (κ3) is 6.35. The van der Waals surface area contributed by atoms with E-state index in [1.807, 2.05) is 0 Å². The van der Waals surface area contributed by atoms with Gasteiger partial charge < -0.3 is 24.3 Å². The van der Waals surface area contributed by atoms with Crippen molar-refractivity contribution in [2.24, 2.45) is 5.92 Å². The van der Waals surface area contributed by atoms with Crippen molar-refractivity contribution in [2.45, 2.75) is 76.5 Å². The molecule has 6 atom stereocenters. The Morgan fingerprint density at radius 1 is 1.24 bits per heavy atom. The maximum absolute atomic E-state index is 12.5. The van der Waals surface area contributed by atoms with Gasteiger partial charge in [-0.3, -0.25) is 19.8 Å². The SMILES string of the molecule is COC1C(OC(=O)NC(=O)CN(C)CCNC(C)=O)CC[C@]2(CO2)C1C1(C)OC1CC=C(C)C. The van der Waals surface area contributed by atoms with Gasteiger partial charge in [-0.2, -0.15) is 0 Å². The molecule has 0 aromatic rings. The molecule has 192 valence electrons. The van der Waals surface area contributed by atoms with E-state index in [2.05, 4.69) is 37.5 Å². The molecule has 1 spiro atoms. The number of epoxide rings is 2. The Labute approximate surface area is 201 Å². The lowest BCUT2D eigenvalue weighted by atomic mass is 9.68. The summed E-state index contributed by atoms with van der Waals surface area (Å²) in [6.45, 7) is 9.19. The van der Waals surface area contributed by atoms with Gasteiger partial charge in [0.2, 0.25) is 11.8 Å². The van der Waals surface area contributed by atoms with Gasteiger partial charge in [-0.1, -0.05) is 11.6 Å². The van der Waals surface area contributed by atoms with E-state index < -0.39 is 29.8 Å². The number of carbonyl (C=O) groups is 3. The number of ether oxygens (including phenoxy) is 4. The number of rotatable bonds is 10. The summed E-state index contributed by atoms with van der Waals surface area (Å²) in [4.78, 5) is 37.4. The Bertz CT molecular complexity index is 808. The molecule has 5 unspecified atom stereocenters. The molecule has 0 aromatic heterocycles. The van der Waals surface area contributed by atoms with Crippen LogP contribution in [0.25, 0.3) is 0 Å². The summed E-state index contributed by atoms with van der Waals surface area (Å²) in [5.74, 6) is -0.687. The standard InChI is InChI=1S/C24H39N3O7/c1-15(2)7-8-18-23(4,34-18)21-20(31-6)17(9-10-24(21)14-32-24)33-22(30)26-19(29)13-27(5)12-11-25-16(3)28/h7,17-18,20-21H,8-14H2,1-6H3,(H,25,28)(H,26,29,30)/t17?,18?,20?,21?,23?,24-/m0/s1. The van der Waals surface area contributed by atoms with Crippen molar-refractivity contribution < 1.29 is 33.3 Å². The van der Waals surface area contributed by atoms with E-state index in [0.717, 1.165) is 12.8 Å². The quantitative estimate of drug-likeness (QED) is 0.355. The fourth-order valence-corrected chi connectivity index (χ4v) is 5.14. The second kappa shape index (κ2) is 10.7. The summed E-state index contributed by atoms with van der Waals surface area (Å²) in [6, 6.07) is 0. The van der Waals surface area contributed by atoms with Crippen molar-refractivity contribution in [1.29, 1.82) is 0 Å². The van der Waals surface area contributed by atoms with E-state index in [0.29, 0.717) is 26.1 Å². The second-order valence-corrected chi connectivity index (χ2v) is 10.1. The van der Waals surface area contributed by atoms with Crippen LogP contribution in [0.5, 0.6) is 0 Å². The molecule has 2 saturated heterocycles.